The number of carbonyl (C=O) groups excluding carboxylic acids is 2. The van der Waals surface area contributed by atoms with Crippen LogP contribution in [0.4, 0.5) is 0 Å². The molecule has 1 aromatic rings. The SMILES string of the molecule is Cc1cc(C(=O)N2CCN(C=O)CC2)c(C)n1C. The molecule has 1 aliphatic rings. The lowest BCUT2D eigenvalue weighted by atomic mass is 10.2. The predicted octanol–water partition coefficient (Wildman–Crippen LogP) is 0.556. The summed E-state index contributed by atoms with van der Waals surface area (Å²) in [6.45, 7) is 6.44. The van der Waals surface area contributed by atoms with E-state index in [9.17, 15) is 9.59 Å². The summed E-state index contributed by atoms with van der Waals surface area (Å²) in [7, 11) is 1.96. The average molecular weight is 249 g/mol. The fourth-order valence-electron chi connectivity index (χ4n) is 2.27. The highest BCUT2D eigenvalue weighted by atomic mass is 16.2. The molecule has 5 nitrogen and oxygen atoms in total. The van der Waals surface area contributed by atoms with Gasteiger partial charge in [-0.05, 0) is 19.9 Å². The smallest absolute Gasteiger partial charge is 0.255 e. The van der Waals surface area contributed by atoms with Crippen molar-refractivity contribution in [3.63, 3.8) is 0 Å². The lowest BCUT2D eigenvalue weighted by Crippen LogP contribution is -2.48. The average Bonchev–Trinajstić information content (AvgIpc) is 2.66. The van der Waals surface area contributed by atoms with Crippen LogP contribution < -0.4 is 0 Å². The molecule has 1 aliphatic heterocycles. The predicted molar refractivity (Wildman–Crippen MR) is 68.4 cm³/mol. The first-order chi connectivity index (χ1) is 8.54. The zero-order chi connectivity index (χ0) is 13.3. The largest absolute Gasteiger partial charge is 0.351 e. The topological polar surface area (TPSA) is 45.6 Å². The third-order valence-corrected chi connectivity index (χ3v) is 3.76. The Hall–Kier alpha value is -1.78. The van der Waals surface area contributed by atoms with Crippen molar-refractivity contribution in [2.24, 2.45) is 7.05 Å². The molecule has 5 heteroatoms. The second kappa shape index (κ2) is 4.84. The molecule has 98 valence electrons. The van der Waals surface area contributed by atoms with E-state index in [1.807, 2.05) is 36.4 Å². The summed E-state index contributed by atoms with van der Waals surface area (Å²) in [5.41, 5.74) is 2.85. The summed E-state index contributed by atoms with van der Waals surface area (Å²) in [4.78, 5) is 26.5. The van der Waals surface area contributed by atoms with Gasteiger partial charge in [0.15, 0.2) is 0 Å². The Labute approximate surface area is 107 Å². The first-order valence-electron chi connectivity index (χ1n) is 6.16. The highest BCUT2D eigenvalue weighted by Gasteiger charge is 2.23. The van der Waals surface area contributed by atoms with Crippen LogP contribution in [-0.2, 0) is 11.8 Å². The van der Waals surface area contributed by atoms with Crippen molar-refractivity contribution < 1.29 is 9.59 Å². The first-order valence-corrected chi connectivity index (χ1v) is 6.16. The summed E-state index contributed by atoms with van der Waals surface area (Å²) < 4.78 is 2.02. The second-order valence-electron chi connectivity index (χ2n) is 4.78. The van der Waals surface area contributed by atoms with Crippen LogP contribution in [0.3, 0.4) is 0 Å². The Morgan fingerprint density at radius 1 is 1.22 bits per heavy atom. The van der Waals surface area contributed by atoms with Gasteiger partial charge in [-0.25, -0.2) is 0 Å². The van der Waals surface area contributed by atoms with Crippen LogP contribution in [0.2, 0.25) is 0 Å². The van der Waals surface area contributed by atoms with Gasteiger partial charge in [-0.1, -0.05) is 0 Å². The van der Waals surface area contributed by atoms with Gasteiger partial charge in [0.05, 0.1) is 5.56 Å². The van der Waals surface area contributed by atoms with Crippen LogP contribution >= 0.6 is 0 Å². The van der Waals surface area contributed by atoms with Crippen molar-refractivity contribution in [2.45, 2.75) is 13.8 Å². The number of hydrogen-bond acceptors (Lipinski definition) is 2. The van der Waals surface area contributed by atoms with E-state index in [1.54, 1.807) is 4.90 Å². The molecule has 0 atom stereocenters. The van der Waals surface area contributed by atoms with Gasteiger partial charge >= 0.3 is 0 Å². The molecule has 2 heterocycles. The lowest BCUT2D eigenvalue weighted by molar-refractivity contribution is -0.119. The maximum absolute atomic E-state index is 12.4. The van der Waals surface area contributed by atoms with Gasteiger partial charge in [-0.15, -0.1) is 0 Å². The van der Waals surface area contributed by atoms with Crippen molar-refractivity contribution in [2.75, 3.05) is 26.2 Å². The van der Waals surface area contributed by atoms with Crippen molar-refractivity contribution >= 4 is 12.3 Å². The molecule has 0 saturated carbocycles. The normalized spacial score (nSPS) is 15.9. The molecule has 1 fully saturated rings. The van der Waals surface area contributed by atoms with Crippen molar-refractivity contribution in [3.8, 4) is 0 Å². The lowest BCUT2D eigenvalue weighted by Gasteiger charge is -2.32. The van der Waals surface area contributed by atoms with Crippen LogP contribution in [0.15, 0.2) is 6.07 Å². The second-order valence-corrected chi connectivity index (χ2v) is 4.78. The van der Waals surface area contributed by atoms with Gasteiger partial charge in [-0.3, -0.25) is 9.59 Å². The quantitative estimate of drug-likeness (QED) is 0.719. The zero-order valence-corrected chi connectivity index (χ0v) is 11.1. The molecule has 0 aromatic carbocycles. The fourth-order valence-corrected chi connectivity index (χ4v) is 2.27. The van der Waals surface area contributed by atoms with E-state index in [0.29, 0.717) is 26.2 Å². The highest BCUT2D eigenvalue weighted by Crippen LogP contribution is 2.16. The molecule has 0 unspecified atom stereocenters. The summed E-state index contributed by atoms with van der Waals surface area (Å²) in [5.74, 6) is 0.0711. The van der Waals surface area contributed by atoms with E-state index in [0.717, 1.165) is 23.4 Å². The summed E-state index contributed by atoms with van der Waals surface area (Å²) in [5, 5.41) is 0. The molecular weight excluding hydrogens is 230 g/mol. The molecule has 2 amide bonds. The molecule has 1 aromatic heterocycles. The van der Waals surface area contributed by atoms with Crippen molar-refractivity contribution in [1.82, 2.24) is 14.4 Å². The van der Waals surface area contributed by atoms with E-state index >= 15 is 0 Å². The Kier molecular flexibility index (Phi) is 3.41. The Morgan fingerprint density at radius 3 is 2.28 bits per heavy atom. The maximum Gasteiger partial charge on any atom is 0.255 e. The number of nitrogens with zero attached hydrogens (tertiary/aromatic N) is 3. The maximum atomic E-state index is 12.4. The van der Waals surface area contributed by atoms with E-state index in [2.05, 4.69) is 0 Å². The molecule has 0 spiro atoms. The van der Waals surface area contributed by atoms with Crippen LogP contribution in [0, 0.1) is 13.8 Å². The fraction of sp³-hybridized carbons (Fsp3) is 0.538. The van der Waals surface area contributed by atoms with Crippen LogP contribution in [0.25, 0.3) is 0 Å². The van der Waals surface area contributed by atoms with E-state index in [4.69, 9.17) is 0 Å². The zero-order valence-electron chi connectivity index (χ0n) is 11.1. The molecule has 0 bridgehead atoms. The molecule has 18 heavy (non-hydrogen) atoms. The van der Waals surface area contributed by atoms with E-state index in [1.165, 1.54) is 0 Å². The van der Waals surface area contributed by atoms with Crippen LogP contribution in [0.1, 0.15) is 21.7 Å². The van der Waals surface area contributed by atoms with E-state index in [-0.39, 0.29) is 5.91 Å². The van der Waals surface area contributed by atoms with Crippen LogP contribution in [-0.4, -0.2) is 52.9 Å². The van der Waals surface area contributed by atoms with Crippen LogP contribution in [0.5, 0.6) is 0 Å². The number of aryl methyl sites for hydroxylation is 1. The van der Waals surface area contributed by atoms with Crippen molar-refractivity contribution in [1.29, 1.82) is 0 Å². The van der Waals surface area contributed by atoms with Gasteiger partial charge in [0.25, 0.3) is 5.91 Å². The van der Waals surface area contributed by atoms with Gasteiger partial charge in [0.1, 0.15) is 0 Å². The minimum atomic E-state index is 0.0711. The number of amides is 2. The molecule has 0 aliphatic carbocycles. The third-order valence-electron chi connectivity index (χ3n) is 3.76. The standard InChI is InChI=1S/C13H19N3O2/c1-10-8-12(11(2)14(10)3)13(18)16-6-4-15(9-17)5-7-16/h8-9H,4-7H2,1-3H3. The molecule has 0 radical (unpaired) electrons. The number of aromatic nitrogens is 1. The monoisotopic (exact) mass is 249 g/mol. The number of piperazine rings is 1. The summed E-state index contributed by atoms with van der Waals surface area (Å²) in [6, 6.07) is 1.93. The Bertz CT molecular complexity index is 471. The molecule has 1 saturated heterocycles. The molecule has 0 N–H and O–H groups in total. The Morgan fingerprint density at radius 2 is 1.83 bits per heavy atom. The number of carbonyl (C=O) groups is 2. The minimum Gasteiger partial charge on any atom is -0.351 e. The third kappa shape index (κ3) is 2.12. The highest BCUT2D eigenvalue weighted by molar-refractivity contribution is 5.95. The molecule has 2 rings (SSSR count). The van der Waals surface area contributed by atoms with Gasteiger partial charge in [0, 0.05) is 44.6 Å². The number of rotatable bonds is 2. The number of hydrogen-bond donors (Lipinski definition) is 0. The molecular formula is C13H19N3O2. The summed E-state index contributed by atoms with van der Waals surface area (Å²) in [6.07, 6.45) is 0.847. The van der Waals surface area contributed by atoms with Gasteiger partial charge in [0.2, 0.25) is 6.41 Å². The first kappa shape index (κ1) is 12.7. The Balaban J connectivity index is 2.12. The minimum absolute atomic E-state index is 0.0711. The van der Waals surface area contributed by atoms with Gasteiger partial charge in [-0.2, -0.15) is 0 Å². The summed E-state index contributed by atoms with van der Waals surface area (Å²) >= 11 is 0. The van der Waals surface area contributed by atoms with E-state index < -0.39 is 0 Å². The van der Waals surface area contributed by atoms with Crippen molar-refractivity contribution in [3.05, 3.63) is 23.0 Å². The van der Waals surface area contributed by atoms with Gasteiger partial charge < -0.3 is 14.4 Å².